The molecule has 10 heteroatoms. The molecule has 2 saturated heterocycles. The Bertz CT molecular complexity index is 1280. The Morgan fingerprint density at radius 3 is 1.89 bits per heavy atom. The number of nitro benzene ring substituents is 1. The van der Waals surface area contributed by atoms with E-state index in [2.05, 4.69) is 5.32 Å². The third kappa shape index (κ3) is 4.37. The van der Waals surface area contributed by atoms with Gasteiger partial charge in [-0.2, -0.15) is 0 Å². The highest BCUT2D eigenvalue weighted by molar-refractivity contribution is 6.11. The fourth-order valence-corrected chi connectivity index (χ4v) is 4.89. The normalized spacial score (nSPS) is 17.0. The summed E-state index contributed by atoms with van der Waals surface area (Å²) in [5, 5.41) is 13.7. The second-order valence-corrected chi connectivity index (χ2v) is 8.94. The van der Waals surface area contributed by atoms with Gasteiger partial charge in [0.2, 0.25) is 5.91 Å². The van der Waals surface area contributed by atoms with Crippen molar-refractivity contribution in [1.29, 1.82) is 0 Å². The summed E-state index contributed by atoms with van der Waals surface area (Å²) in [6.45, 7) is 1.51. The predicted octanol–water partition coefficient (Wildman–Crippen LogP) is 2.74. The minimum atomic E-state index is -1.41. The van der Waals surface area contributed by atoms with Crippen molar-refractivity contribution >= 4 is 29.2 Å². The number of amides is 4. The number of carbonyl (C=O) groups excluding carboxylic acids is 3. The number of imide groups is 1. The molecule has 188 valence electrons. The molecule has 0 aliphatic carbocycles. The third-order valence-electron chi connectivity index (χ3n) is 6.87. The lowest BCUT2D eigenvalue weighted by atomic mass is 9.82. The number of hydrogen-bond acceptors (Lipinski definition) is 6. The number of urea groups is 1. The molecule has 2 aliphatic rings. The van der Waals surface area contributed by atoms with E-state index in [1.807, 2.05) is 17.0 Å². The van der Waals surface area contributed by atoms with Gasteiger partial charge in [0.15, 0.2) is 5.54 Å². The van der Waals surface area contributed by atoms with Crippen LogP contribution in [-0.2, 0) is 15.1 Å². The van der Waals surface area contributed by atoms with Gasteiger partial charge in [0.05, 0.1) is 4.92 Å². The highest BCUT2D eigenvalue weighted by Crippen LogP contribution is 2.36. The maximum absolute atomic E-state index is 13.8. The Morgan fingerprint density at radius 1 is 0.838 bits per heavy atom. The summed E-state index contributed by atoms with van der Waals surface area (Å²) in [5.41, 5.74) is 0.682. The second kappa shape index (κ2) is 9.73. The molecule has 0 aromatic heterocycles. The van der Waals surface area contributed by atoms with Crippen LogP contribution in [0, 0.1) is 10.1 Å². The Balaban J connectivity index is 1.29. The van der Waals surface area contributed by atoms with Gasteiger partial charge in [-0.1, -0.05) is 60.7 Å². The van der Waals surface area contributed by atoms with Crippen molar-refractivity contribution in [2.75, 3.05) is 37.6 Å². The number of benzene rings is 3. The average Bonchev–Trinajstić information content (AvgIpc) is 3.20. The van der Waals surface area contributed by atoms with Crippen LogP contribution >= 0.6 is 0 Å². The Morgan fingerprint density at radius 2 is 1.38 bits per heavy atom. The van der Waals surface area contributed by atoms with Crippen molar-refractivity contribution in [3.05, 3.63) is 106 Å². The molecule has 0 spiro atoms. The number of nitro groups is 1. The molecule has 3 aromatic carbocycles. The summed E-state index contributed by atoms with van der Waals surface area (Å²) < 4.78 is 0. The number of rotatable bonds is 6. The summed E-state index contributed by atoms with van der Waals surface area (Å²) >= 11 is 0. The minimum absolute atomic E-state index is 0.0215. The molecule has 0 bridgehead atoms. The molecule has 0 radical (unpaired) electrons. The lowest BCUT2D eigenvalue weighted by Crippen LogP contribution is -2.52. The first kappa shape index (κ1) is 24.0. The van der Waals surface area contributed by atoms with Crippen LogP contribution in [0.3, 0.4) is 0 Å². The van der Waals surface area contributed by atoms with E-state index >= 15 is 0 Å². The standard InChI is InChI=1S/C27H25N5O5/c33-24(30-17-15-29(16-18-30)22-11-13-23(14-12-22)32(36)37)19-31-25(34)27(28-26(31)35,20-7-3-1-4-8-20)21-9-5-2-6-10-21/h1-14H,15-19H2,(H,28,35). The first-order valence-corrected chi connectivity index (χ1v) is 11.9. The molecule has 2 aliphatic heterocycles. The number of piperazine rings is 1. The zero-order valence-electron chi connectivity index (χ0n) is 19.9. The highest BCUT2D eigenvalue weighted by Gasteiger charge is 2.54. The van der Waals surface area contributed by atoms with Gasteiger partial charge in [0.1, 0.15) is 6.54 Å². The van der Waals surface area contributed by atoms with Crippen LogP contribution in [0.1, 0.15) is 11.1 Å². The fraction of sp³-hybridized carbons (Fsp3) is 0.222. The van der Waals surface area contributed by atoms with E-state index in [1.165, 1.54) is 12.1 Å². The SMILES string of the molecule is O=C(CN1C(=O)NC(c2ccccc2)(c2ccccc2)C1=O)N1CCN(c2ccc([N+](=O)[O-])cc2)CC1. The third-order valence-corrected chi connectivity index (χ3v) is 6.87. The topological polar surface area (TPSA) is 116 Å². The molecular weight excluding hydrogens is 474 g/mol. The minimum Gasteiger partial charge on any atom is -0.368 e. The summed E-state index contributed by atoms with van der Waals surface area (Å²) in [5.74, 6) is -0.809. The molecular formula is C27H25N5O5. The number of nitrogens with one attached hydrogen (secondary N) is 1. The maximum Gasteiger partial charge on any atom is 0.326 e. The van der Waals surface area contributed by atoms with Gasteiger partial charge < -0.3 is 15.1 Å². The molecule has 37 heavy (non-hydrogen) atoms. The van der Waals surface area contributed by atoms with Crippen LogP contribution < -0.4 is 10.2 Å². The monoisotopic (exact) mass is 499 g/mol. The Hall–Kier alpha value is -4.73. The predicted molar refractivity (Wildman–Crippen MR) is 136 cm³/mol. The van der Waals surface area contributed by atoms with E-state index in [4.69, 9.17) is 0 Å². The van der Waals surface area contributed by atoms with Gasteiger partial charge in [-0.05, 0) is 23.3 Å². The smallest absolute Gasteiger partial charge is 0.326 e. The van der Waals surface area contributed by atoms with Crippen molar-refractivity contribution in [2.45, 2.75) is 5.54 Å². The van der Waals surface area contributed by atoms with Crippen molar-refractivity contribution in [3.63, 3.8) is 0 Å². The summed E-state index contributed by atoms with van der Waals surface area (Å²) in [7, 11) is 0. The quantitative estimate of drug-likeness (QED) is 0.317. The van der Waals surface area contributed by atoms with E-state index in [0.717, 1.165) is 10.6 Å². The molecule has 5 rings (SSSR count). The average molecular weight is 500 g/mol. The Labute approximate surface area is 213 Å². The van der Waals surface area contributed by atoms with E-state index in [0.29, 0.717) is 37.3 Å². The Kier molecular flexibility index (Phi) is 6.31. The highest BCUT2D eigenvalue weighted by atomic mass is 16.6. The van der Waals surface area contributed by atoms with Crippen LogP contribution in [-0.4, -0.2) is 65.3 Å². The fourth-order valence-electron chi connectivity index (χ4n) is 4.89. The van der Waals surface area contributed by atoms with Crippen LogP contribution in [0.5, 0.6) is 0 Å². The van der Waals surface area contributed by atoms with Crippen molar-refractivity contribution in [2.24, 2.45) is 0 Å². The van der Waals surface area contributed by atoms with Crippen LogP contribution in [0.2, 0.25) is 0 Å². The first-order chi connectivity index (χ1) is 17.9. The molecule has 3 aromatic rings. The largest absolute Gasteiger partial charge is 0.368 e. The molecule has 10 nitrogen and oxygen atoms in total. The number of non-ortho nitro benzene ring substituents is 1. The van der Waals surface area contributed by atoms with Crippen LogP contribution in [0.15, 0.2) is 84.9 Å². The summed E-state index contributed by atoms with van der Waals surface area (Å²) in [4.78, 5) is 55.1. The molecule has 0 atom stereocenters. The lowest BCUT2D eigenvalue weighted by Gasteiger charge is -2.36. The number of hydrogen-bond donors (Lipinski definition) is 1. The number of anilines is 1. The zero-order valence-corrected chi connectivity index (χ0v) is 19.9. The molecule has 2 heterocycles. The summed E-state index contributed by atoms with van der Waals surface area (Å²) in [6.07, 6.45) is 0. The van der Waals surface area contributed by atoms with Crippen molar-refractivity contribution in [3.8, 4) is 0 Å². The van der Waals surface area contributed by atoms with Gasteiger partial charge in [-0.15, -0.1) is 0 Å². The van der Waals surface area contributed by atoms with Crippen molar-refractivity contribution < 1.29 is 19.3 Å². The van der Waals surface area contributed by atoms with Crippen LogP contribution in [0.4, 0.5) is 16.2 Å². The van der Waals surface area contributed by atoms with Crippen molar-refractivity contribution in [1.82, 2.24) is 15.1 Å². The molecule has 2 fully saturated rings. The van der Waals surface area contributed by atoms with E-state index < -0.39 is 22.4 Å². The van der Waals surface area contributed by atoms with E-state index in [9.17, 15) is 24.5 Å². The van der Waals surface area contributed by atoms with E-state index in [1.54, 1.807) is 65.6 Å². The summed E-state index contributed by atoms with van der Waals surface area (Å²) in [6, 6.07) is 23.7. The van der Waals surface area contributed by atoms with Crippen LogP contribution in [0.25, 0.3) is 0 Å². The molecule has 1 N–H and O–H groups in total. The second-order valence-electron chi connectivity index (χ2n) is 8.94. The van der Waals surface area contributed by atoms with Gasteiger partial charge in [-0.25, -0.2) is 4.79 Å². The number of carbonyl (C=O) groups is 3. The maximum atomic E-state index is 13.8. The van der Waals surface area contributed by atoms with E-state index in [-0.39, 0.29) is 18.1 Å². The number of nitrogens with zero attached hydrogens (tertiary/aromatic N) is 4. The van der Waals surface area contributed by atoms with Gasteiger partial charge >= 0.3 is 6.03 Å². The van der Waals surface area contributed by atoms with Gasteiger partial charge in [-0.3, -0.25) is 24.6 Å². The molecule has 0 unspecified atom stereocenters. The first-order valence-electron chi connectivity index (χ1n) is 11.9. The van der Waals surface area contributed by atoms with Gasteiger partial charge in [0.25, 0.3) is 11.6 Å². The van der Waals surface area contributed by atoms with Gasteiger partial charge in [0, 0.05) is 44.0 Å². The molecule has 4 amide bonds. The zero-order chi connectivity index (χ0) is 26.0. The lowest BCUT2D eigenvalue weighted by molar-refractivity contribution is -0.384. The molecule has 0 saturated carbocycles.